The molecule has 2 aromatic carbocycles. The fourth-order valence-electron chi connectivity index (χ4n) is 2.85. The summed E-state index contributed by atoms with van der Waals surface area (Å²) in [6.45, 7) is 3.25. The number of rotatable bonds is 5. The fourth-order valence-corrected chi connectivity index (χ4v) is 3.45. The molecule has 3 N–H and O–H groups in total. The van der Waals surface area contributed by atoms with E-state index in [0.29, 0.717) is 23.5 Å². The van der Waals surface area contributed by atoms with Crippen molar-refractivity contribution in [1.82, 2.24) is 5.32 Å². The van der Waals surface area contributed by atoms with E-state index in [1.807, 2.05) is 19.1 Å². The summed E-state index contributed by atoms with van der Waals surface area (Å²) in [5.41, 5.74) is 3.04. The Labute approximate surface area is 172 Å². The molecule has 0 aliphatic carbocycles. The third-order valence-corrected chi connectivity index (χ3v) is 5.78. The molecule has 1 heterocycles. The lowest BCUT2D eigenvalue weighted by Crippen LogP contribution is -2.35. The molecule has 1 saturated heterocycles. The Morgan fingerprint density at radius 2 is 1.81 bits per heavy atom. The number of nitrogens with one attached hydrogen (secondary N) is 3. The molecule has 0 bridgehead atoms. The Hall–Kier alpha value is -2.13. The van der Waals surface area contributed by atoms with Crippen LogP contribution in [-0.4, -0.2) is 31.2 Å². The van der Waals surface area contributed by atoms with Crippen LogP contribution in [0, 0.1) is 10.5 Å². The number of hydrogen-bond donors (Lipinski definition) is 3. The lowest BCUT2D eigenvalue weighted by molar-refractivity contribution is 0.102. The molecule has 1 unspecified atom stereocenters. The highest BCUT2D eigenvalue weighted by Gasteiger charge is 2.16. The standard InChI is InChI=1S/C20H22IN3O3/c1-13-4-2-6-17(18(13)21)19(25)23-14-7-9-15(10-8-14)24-20(26)22-12-16-5-3-11-27-16/h2,4,6-10,16H,3,5,11-12H2,1H3,(H,23,25)(H2,22,24,26). The summed E-state index contributed by atoms with van der Waals surface area (Å²) in [6, 6.07) is 12.4. The number of amides is 3. The molecule has 0 saturated carbocycles. The van der Waals surface area contributed by atoms with Gasteiger partial charge in [0.05, 0.1) is 11.7 Å². The van der Waals surface area contributed by atoms with E-state index in [-0.39, 0.29) is 18.0 Å². The molecular weight excluding hydrogens is 457 g/mol. The molecule has 0 aromatic heterocycles. The van der Waals surface area contributed by atoms with Gasteiger partial charge in [-0.3, -0.25) is 4.79 Å². The molecule has 0 radical (unpaired) electrons. The predicted octanol–water partition coefficient (Wildman–Crippen LogP) is 4.15. The predicted molar refractivity (Wildman–Crippen MR) is 114 cm³/mol. The van der Waals surface area contributed by atoms with Crippen LogP contribution >= 0.6 is 22.6 Å². The van der Waals surface area contributed by atoms with Crippen LogP contribution in [0.25, 0.3) is 0 Å². The summed E-state index contributed by atoms with van der Waals surface area (Å²) in [4.78, 5) is 24.4. The third-order valence-electron chi connectivity index (χ3n) is 4.35. The van der Waals surface area contributed by atoms with Crippen LogP contribution in [0.1, 0.15) is 28.8 Å². The molecule has 3 rings (SSSR count). The van der Waals surface area contributed by atoms with Gasteiger partial charge in [-0.25, -0.2) is 4.79 Å². The summed E-state index contributed by atoms with van der Waals surface area (Å²) in [5.74, 6) is -0.155. The van der Waals surface area contributed by atoms with E-state index in [4.69, 9.17) is 4.74 Å². The molecule has 3 amide bonds. The summed E-state index contributed by atoms with van der Waals surface area (Å²) in [5, 5.41) is 8.46. The van der Waals surface area contributed by atoms with Gasteiger partial charge in [0, 0.05) is 28.1 Å². The van der Waals surface area contributed by atoms with Crippen molar-refractivity contribution < 1.29 is 14.3 Å². The summed E-state index contributed by atoms with van der Waals surface area (Å²) in [7, 11) is 0. The normalized spacial score (nSPS) is 16.0. The van der Waals surface area contributed by atoms with Crippen molar-refractivity contribution in [1.29, 1.82) is 0 Å². The lowest BCUT2D eigenvalue weighted by atomic mass is 10.1. The maximum absolute atomic E-state index is 12.5. The van der Waals surface area contributed by atoms with Gasteiger partial charge in [-0.15, -0.1) is 0 Å². The van der Waals surface area contributed by atoms with E-state index in [1.54, 1.807) is 30.3 Å². The average molecular weight is 479 g/mol. The van der Waals surface area contributed by atoms with Crippen LogP contribution in [0.15, 0.2) is 42.5 Å². The van der Waals surface area contributed by atoms with Crippen molar-refractivity contribution in [2.24, 2.45) is 0 Å². The fraction of sp³-hybridized carbons (Fsp3) is 0.300. The van der Waals surface area contributed by atoms with Crippen LogP contribution in [0.2, 0.25) is 0 Å². The third kappa shape index (κ3) is 5.43. The zero-order valence-electron chi connectivity index (χ0n) is 15.0. The second-order valence-electron chi connectivity index (χ2n) is 6.44. The van der Waals surface area contributed by atoms with E-state index >= 15 is 0 Å². The number of ether oxygens (including phenoxy) is 1. The molecule has 1 aliphatic heterocycles. The first kappa shape index (κ1) is 19.6. The first-order chi connectivity index (χ1) is 13.0. The highest BCUT2D eigenvalue weighted by molar-refractivity contribution is 14.1. The molecule has 2 aromatic rings. The van der Waals surface area contributed by atoms with E-state index < -0.39 is 0 Å². The Balaban J connectivity index is 1.52. The maximum Gasteiger partial charge on any atom is 0.319 e. The molecule has 142 valence electrons. The number of benzene rings is 2. The van der Waals surface area contributed by atoms with Crippen molar-refractivity contribution in [2.45, 2.75) is 25.9 Å². The molecule has 1 fully saturated rings. The van der Waals surface area contributed by atoms with Crippen LogP contribution < -0.4 is 16.0 Å². The van der Waals surface area contributed by atoms with Gasteiger partial charge in [0.15, 0.2) is 0 Å². The zero-order chi connectivity index (χ0) is 19.2. The largest absolute Gasteiger partial charge is 0.376 e. The number of carbonyl (C=O) groups is 2. The number of anilines is 2. The monoisotopic (exact) mass is 479 g/mol. The Morgan fingerprint density at radius 1 is 1.11 bits per heavy atom. The van der Waals surface area contributed by atoms with Gasteiger partial charge in [-0.1, -0.05) is 12.1 Å². The topological polar surface area (TPSA) is 79.5 Å². The van der Waals surface area contributed by atoms with Gasteiger partial charge in [0.25, 0.3) is 5.91 Å². The van der Waals surface area contributed by atoms with Crippen LogP contribution in [0.4, 0.5) is 16.2 Å². The summed E-state index contributed by atoms with van der Waals surface area (Å²) < 4.78 is 6.41. The second-order valence-corrected chi connectivity index (χ2v) is 7.52. The molecule has 7 heteroatoms. The smallest absolute Gasteiger partial charge is 0.319 e. The Kier molecular flexibility index (Phi) is 6.68. The molecule has 1 aliphatic rings. The van der Waals surface area contributed by atoms with Crippen molar-refractivity contribution in [3.63, 3.8) is 0 Å². The van der Waals surface area contributed by atoms with Crippen molar-refractivity contribution in [3.05, 3.63) is 57.2 Å². The van der Waals surface area contributed by atoms with E-state index in [1.165, 1.54) is 0 Å². The number of aryl methyl sites for hydroxylation is 1. The summed E-state index contributed by atoms with van der Waals surface area (Å²) >= 11 is 2.18. The van der Waals surface area contributed by atoms with Crippen LogP contribution in [0.5, 0.6) is 0 Å². The van der Waals surface area contributed by atoms with Gasteiger partial charge >= 0.3 is 6.03 Å². The highest BCUT2D eigenvalue weighted by Crippen LogP contribution is 2.19. The Bertz CT molecular complexity index is 818. The average Bonchev–Trinajstić information content (AvgIpc) is 3.17. The molecule has 0 spiro atoms. The van der Waals surface area contributed by atoms with Crippen molar-refractivity contribution in [2.75, 3.05) is 23.8 Å². The lowest BCUT2D eigenvalue weighted by Gasteiger charge is -2.12. The second kappa shape index (κ2) is 9.18. The van der Waals surface area contributed by atoms with Crippen LogP contribution in [-0.2, 0) is 4.74 Å². The van der Waals surface area contributed by atoms with Crippen molar-refractivity contribution >= 4 is 45.9 Å². The Morgan fingerprint density at radius 3 is 2.48 bits per heavy atom. The molecular formula is C20H22IN3O3. The number of halogens is 1. The van der Waals surface area contributed by atoms with Gasteiger partial charge in [-0.05, 0) is 78.3 Å². The zero-order valence-corrected chi connectivity index (χ0v) is 17.2. The first-order valence-electron chi connectivity index (χ1n) is 8.86. The summed E-state index contributed by atoms with van der Waals surface area (Å²) in [6.07, 6.45) is 2.13. The van der Waals surface area contributed by atoms with E-state index in [9.17, 15) is 9.59 Å². The van der Waals surface area contributed by atoms with Crippen LogP contribution in [0.3, 0.4) is 0 Å². The van der Waals surface area contributed by atoms with Gasteiger partial charge in [0.1, 0.15) is 0 Å². The van der Waals surface area contributed by atoms with Gasteiger partial charge in [0.2, 0.25) is 0 Å². The number of hydrogen-bond acceptors (Lipinski definition) is 3. The minimum absolute atomic E-state index is 0.109. The first-order valence-corrected chi connectivity index (χ1v) is 9.94. The van der Waals surface area contributed by atoms with E-state index in [2.05, 4.69) is 38.5 Å². The number of urea groups is 1. The number of carbonyl (C=O) groups excluding carboxylic acids is 2. The molecule has 6 nitrogen and oxygen atoms in total. The molecule has 1 atom stereocenters. The SMILES string of the molecule is Cc1cccc(C(=O)Nc2ccc(NC(=O)NCC3CCCO3)cc2)c1I. The van der Waals surface area contributed by atoms with Gasteiger partial charge < -0.3 is 20.7 Å². The minimum atomic E-state index is -0.267. The van der Waals surface area contributed by atoms with Crippen molar-refractivity contribution in [3.8, 4) is 0 Å². The highest BCUT2D eigenvalue weighted by atomic mass is 127. The quantitative estimate of drug-likeness (QED) is 0.564. The maximum atomic E-state index is 12.5. The van der Waals surface area contributed by atoms with E-state index in [0.717, 1.165) is 28.6 Å². The van der Waals surface area contributed by atoms with Gasteiger partial charge in [-0.2, -0.15) is 0 Å². The minimum Gasteiger partial charge on any atom is -0.376 e. The molecule has 27 heavy (non-hydrogen) atoms.